The van der Waals surface area contributed by atoms with E-state index < -0.39 is 48.9 Å². The third kappa shape index (κ3) is 7.53. The van der Waals surface area contributed by atoms with Crippen LogP contribution in [0.25, 0.3) is 44.6 Å². The van der Waals surface area contributed by atoms with Gasteiger partial charge in [-0.05, 0) is 65.9 Å². The molecule has 14 nitrogen and oxygen atoms in total. The zero-order valence-electron chi connectivity index (χ0n) is 32.0. The number of imidazole rings is 2. The third-order valence-electron chi connectivity index (χ3n) is 10.4. The van der Waals surface area contributed by atoms with Crippen molar-refractivity contribution in [1.82, 2.24) is 19.1 Å². The summed E-state index contributed by atoms with van der Waals surface area (Å²) in [5, 5.41) is 0. The highest BCUT2D eigenvalue weighted by Crippen LogP contribution is 2.33. The van der Waals surface area contributed by atoms with Gasteiger partial charge in [0.2, 0.25) is 6.29 Å². The predicted molar refractivity (Wildman–Crippen MR) is 209 cm³/mol. The number of esters is 1. The van der Waals surface area contributed by atoms with Crippen molar-refractivity contribution in [3.63, 3.8) is 0 Å². The minimum atomic E-state index is -1.27. The molecule has 6 aromatic rings. The van der Waals surface area contributed by atoms with Gasteiger partial charge in [-0.3, -0.25) is 0 Å². The van der Waals surface area contributed by atoms with Crippen LogP contribution in [0.1, 0.15) is 47.6 Å². The number of fused-ring (bicyclic) bond motifs is 3. The average molecular weight is 774 g/mol. The number of hydrogen-bond donors (Lipinski definition) is 1. The number of hydrogen-bond acceptors (Lipinski definition) is 11. The van der Waals surface area contributed by atoms with E-state index in [-0.39, 0.29) is 13.2 Å². The van der Waals surface area contributed by atoms with Gasteiger partial charge in [0.25, 0.3) is 0 Å². The SMILES string of the molecule is CCCc1nc2c(C)cc(-c3nc4ccccc4n3C)cc2n1Cc1ccc(-c2ccccc2C(=O)OC(C)OC(=O)O[C@H]2CO[C@H]3[C@@H]2OC[C@H]3OC(N)=O)cc1. The first-order valence-corrected chi connectivity index (χ1v) is 19.0. The van der Waals surface area contributed by atoms with Crippen LogP contribution in [0.15, 0.2) is 84.9 Å². The van der Waals surface area contributed by atoms with E-state index in [0.717, 1.165) is 68.8 Å². The van der Waals surface area contributed by atoms with Crippen molar-refractivity contribution < 1.29 is 42.8 Å². The zero-order valence-corrected chi connectivity index (χ0v) is 32.0. The van der Waals surface area contributed by atoms with Crippen LogP contribution in [0.4, 0.5) is 9.59 Å². The Bertz CT molecular complexity index is 2470. The summed E-state index contributed by atoms with van der Waals surface area (Å²) in [5.41, 5.74) is 14.1. The van der Waals surface area contributed by atoms with Gasteiger partial charge in [-0.1, -0.05) is 61.5 Å². The molecule has 57 heavy (non-hydrogen) atoms. The number of nitrogens with zero attached hydrogens (tertiary/aromatic N) is 4. The van der Waals surface area contributed by atoms with Crippen molar-refractivity contribution in [1.29, 1.82) is 0 Å². The molecule has 14 heteroatoms. The van der Waals surface area contributed by atoms with E-state index >= 15 is 0 Å². The van der Waals surface area contributed by atoms with Crippen LogP contribution in [0.2, 0.25) is 0 Å². The lowest BCUT2D eigenvalue weighted by Crippen LogP contribution is -2.37. The summed E-state index contributed by atoms with van der Waals surface area (Å²) in [7, 11) is 2.05. The Labute approximate surface area is 328 Å². The molecular formula is C43H43N5O9. The molecule has 0 radical (unpaired) electrons. The predicted octanol–water partition coefficient (Wildman–Crippen LogP) is 6.85. The molecule has 1 unspecified atom stereocenters. The Morgan fingerprint density at radius 1 is 0.860 bits per heavy atom. The van der Waals surface area contributed by atoms with E-state index in [4.69, 9.17) is 44.1 Å². The lowest BCUT2D eigenvalue weighted by molar-refractivity contribution is -0.0987. The van der Waals surface area contributed by atoms with Gasteiger partial charge in [0, 0.05) is 32.5 Å². The molecule has 5 atom stereocenters. The molecule has 2 aliphatic heterocycles. The number of para-hydroxylation sites is 2. The molecule has 0 spiro atoms. The van der Waals surface area contributed by atoms with Crippen LogP contribution in [0, 0.1) is 6.92 Å². The monoisotopic (exact) mass is 773 g/mol. The molecule has 2 N–H and O–H groups in total. The summed E-state index contributed by atoms with van der Waals surface area (Å²) in [5.74, 6) is 1.25. The summed E-state index contributed by atoms with van der Waals surface area (Å²) >= 11 is 0. The molecule has 2 saturated heterocycles. The summed E-state index contributed by atoms with van der Waals surface area (Å²) < 4.78 is 36.8. The second-order valence-electron chi connectivity index (χ2n) is 14.3. The van der Waals surface area contributed by atoms with E-state index in [2.05, 4.69) is 53.3 Å². The van der Waals surface area contributed by atoms with E-state index in [1.165, 1.54) is 6.92 Å². The summed E-state index contributed by atoms with van der Waals surface area (Å²) in [6.07, 6.45) is -4.30. The smallest absolute Gasteiger partial charge is 0.441 e. The molecule has 294 valence electrons. The number of ether oxygens (including phenoxy) is 6. The van der Waals surface area contributed by atoms with Crippen molar-refractivity contribution >= 4 is 40.3 Å². The molecule has 8 rings (SSSR count). The van der Waals surface area contributed by atoms with Gasteiger partial charge in [-0.15, -0.1) is 0 Å². The van der Waals surface area contributed by atoms with Gasteiger partial charge in [-0.25, -0.2) is 24.4 Å². The Hall–Kier alpha value is -6.25. The van der Waals surface area contributed by atoms with E-state index in [9.17, 15) is 14.4 Å². The summed E-state index contributed by atoms with van der Waals surface area (Å²) in [6.45, 7) is 6.34. The quantitative estimate of drug-likeness (QED) is 0.0830. The molecule has 0 bridgehead atoms. The second kappa shape index (κ2) is 15.7. The lowest BCUT2D eigenvalue weighted by Gasteiger charge is -2.19. The van der Waals surface area contributed by atoms with Gasteiger partial charge < -0.3 is 43.3 Å². The van der Waals surface area contributed by atoms with Crippen LogP contribution in [-0.2, 0) is 48.4 Å². The fourth-order valence-electron chi connectivity index (χ4n) is 7.75. The van der Waals surface area contributed by atoms with E-state index in [1.54, 1.807) is 12.1 Å². The molecular weight excluding hydrogens is 730 g/mol. The highest BCUT2D eigenvalue weighted by Gasteiger charge is 2.51. The molecule has 2 aromatic heterocycles. The van der Waals surface area contributed by atoms with Gasteiger partial charge in [0.15, 0.2) is 12.2 Å². The number of amides is 1. The minimum Gasteiger partial charge on any atom is -0.441 e. The number of primary amides is 1. The third-order valence-corrected chi connectivity index (χ3v) is 10.4. The fourth-order valence-corrected chi connectivity index (χ4v) is 7.75. The standard InChI is InChI=1S/C43H43N5O9/c1-5-10-36-46-37-24(2)19-28(40-45-31-13-8-9-14-32(31)47(40)4)20-33(37)48(36)21-26-15-17-27(18-16-26)29-11-6-7-12-30(29)41(49)54-25(3)55-43(51)57-35-23-53-38-34(56-42(44)50)22-52-39(35)38/h6-9,11-20,25,34-35,38-39H,5,10,21-23H2,1-4H3,(H2,44,50)/t25?,34-,35+,38-,39-/m1/s1. The number of rotatable bonds is 11. The van der Waals surface area contributed by atoms with Crippen molar-refractivity contribution in [3.8, 4) is 22.5 Å². The van der Waals surface area contributed by atoms with E-state index in [0.29, 0.717) is 17.7 Å². The largest absolute Gasteiger partial charge is 0.511 e. The first-order valence-electron chi connectivity index (χ1n) is 19.0. The number of aromatic nitrogens is 4. The van der Waals surface area contributed by atoms with Crippen LogP contribution in [-0.4, -0.2) is 81.2 Å². The van der Waals surface area contributed by atoms with Gasteiger partial charge in [0.05, 0.1) is 40.8 Å². The highest BCUT2D eigenvalue weighted by molar-refractivity contribution is 5.97. The maximum absolute atomic E-state index is 13.4. The molecule has 2 fully saturated rings. The number of carbonyl (C=O) groups excluding carboxylic acids is 3. The van der Waals surface area contributed by atoms with Gasteiger partial charge >= 0.3 is 18.2 Å². The van der Waals surface area contributed by atoms with Crippen LogP contribution >= 0.6 is 0 Å². The normalized spacial score (nSPS) is 19.4. The minimum absolute atomic E-state index is 0.00637. The number of benzene rings is 4. The lowest BCUT2D eigenvalue weighted by atomic mass is 9.98. The van der Waals surface area contributed by atoms with Gasteiger partial charge in [-0.2, -0.15) is 0 Å². The first kappa shape index (κ1) is 37.7. The average Bonchev–Trinajstić information content (AvgIpc) is 3.96. The molecule has 2 aliphatic rings. The maximum Gasteiger partial charge on any atom is 0.511 e. The molecule has 4 aromatic carbocycles. The maximum atomic E-state index is 13.4. The molecule has 0 aliphatic carbocycles. The van der Waals surface area contributed by atoms with Crippen LogP contribution in [0.5, 0.6) is 0 Å². The number of aryl methyl sites for hydroxylation is 3. The van der Waals surface area contributed by atoms with Crippen molar-refractivity contribution in [3.05, 3.63) is 107 Å². The fraction of sp³-hybridized carbons (Fsp3) is 0.326. The van der Waals surface area contributed by atoms with Crippen molar-refractivity contribution in [2.75, 3.05) is 13.2 Å². The Morgan fingerprint density at radius 2 is 1.56 bits per heavy atom. The zero-order chi connectivity index (χ0) is 39.8. The molecule has 1 amide bonds. The number of nitrogens with two attached hydrogens (primary N) is 1. The number of carbonyl (C=O) groups is 3. The topological polar surface area (TPSA) is 168 Å². The summed E-state index contributed by atoms with van der Waals surface area (Å²) in [6, 6.07) is 27.6. The molecule has 4 heterocycles. The first-order chi connectivity index (χ1) is 27.6. The Balaban J connectivity index is 0.959. The Morgan fingerprint density at radius 3 is 2.28 bits per heavy atom. The molecule has 0 saturated carbocycles. The van der Waals surface area contributed by atoms with E-state index in [1.807, 2.05) is 49.5 Å². The highest BCUT2D eigenvalue weighted by atomic mass is 16.8. The van der Waals surface area contributed by atoms with Gasteiger partial charge in [0.1, 0.15) is 23.9 Å². The summed E-state index contributed by atoms with van der Waals surface area (Å²) in [4.78, 5) is 47.3. The van der Waals surface area contributed by atoms with Crippen molar-refractivity contribution in [2.24, 2.45) is 12.8 Å². The van der Waals surface area contributed by atoms with Crippen LogP contribution in [0.3, 0.4) is 0 Å². The van der Waals surface area contributed by atoms with Crippen molar-refractivity contribution in [2.45, 2.75) is 70.9 Å². The van der Waals surface area contributed by atoms with Crippen LogP contribution < -0.4 is 5.73 Å². The Kier molecular flexibility index (Phi) is 10.4. The second-order valence-corrected chi connectivity index (χ2v) is 14.3.